The quantitative estimate of drug-likeness (QED) is 0.148. The Morgan fingerprint density at radius 1 is 1.03 bits per heavy atom. The van der Waals surface area contributed by atoms with Crippen molar-refractivity contribution in [3.05, 3.63) is 72.4 Å². The molecule has 7 nitrogen and oxygen atoms in total. The molecule has 1 aromatic heterocycles. The van der Waals surface area contributed by atoms with E-state index in [2.05, 4.69) is 29.0 Å². The number of pyridine rings is 1. The van der Waals surface area contributed by atoms with Crippen LogP contribution in [0.3, 0.4) is 0 Å². The topological polar surface area (TPSA) is 67.1 Å². The summed E-state index contributed by atoms with van der Waals surface area (Å²) in [5.74, 6) is 3.21. The lowest BCUT2D eigenvalue weighted by Crippen LogP contribution is -3.00. The van der Waals surface area contributed by atoms with Crippen LogP contribution in [0.15, 0.2) is 66.9 Å². The minimum atomic E-state index is -0.279. The highest BCUT2D eigenvalue weighted by Gasteiger charge is 2.28. The van der Waals surface area contributed by atoms with Gasteiger partial charge in [-0.1, -0.05) is 18.2 Å². The number of fused-ring (bicyclic) bond motifs is 5. The Morgan fingerprint density at radius 3 is 2.65 bits per heavy atom. The summed E-state index contributed by atoms with van der Waals surface area (Å²) < 4.78 is 30.6. The number of ether oxygens (including phenoxy) is 5. The average molecular weight is 564 g/mol. The average Bonchev–Trinajstić information content (AvgIpc) is 3.37. The molecule has 8 heteroatoms. The van der Waals surface area contributed by atoms with Crippen LogP contribution in [0.4, 0.5) is 0 Å². The molecule has 3 aromatic carbocycles. The van der Waals surface area contributed by atoms with Crippen molar-refractivity contribution >= 4 is 16.7 Å². The molecule has 2 aliphatic rings. The fourth-order valence-corrected chi connectivity index (χ4v) is 4.77. The molecule has 2 aliphatic heterocycles. The van der Waals surface area contributed by atoms with Gasteiger partial charge in [-0.15, -0.1) is 0 Å². The third-order valence-corrected chi connectivity index (χ3v) is 6.54. The minimum absolute atomic E-state index is 0. The largest absolute Gasteiger partial charge is 1.00 e. The Kier molecular flexibility index (Phi) is 7.19. The zero-order chi connectivity index (χ0) is 24.5. The molecule has 6 rings (SSSR count). The van der Waals surface area contributed by atoms with E-state index < -0.39 is 0 Å². The van der Waals surface area contributed by atoms with Crippen LogP contribution < -0.4 is 45.2 Å². The highest BCUT2D eigenvalue weighted by molar-refractivity contribution is 5.91. The number of esters is 1. The lowest BCUT2D eigenvalue weighted by molar-refractivity contribution is -0.686. The minimum Gasteiger partial charge on any atom is -1.00 e. The maximum absolute atomic E-state index is 12.2. The molecule has 3 heterocycles. The van der Waals surface area contributed by atoms with E-state index in [1.165, 1.54) is 5.56 Å². The molecule has 0 saturated carbocycles. The van der Waals surface area contributed by atoms with Crippen LogP contribution in [0, 0.1) is 0 Å². The first kappa shape index (κ1) is 24.9. The number of aromatic nitrogens is 1. The van der Waals surface area contributed by atoms with Crippen molar-refractivity contribution in [2.24, 2.45) is 0 Å². The monoisotopic (exact) mass is 563 g/mol. The first-order valence-electron chi connectivity index (χ1n) is 12.1. The molecule has 0 fully saturated rings. The number of nitrogens with zero attached hydrogens (tertiary/aromatic N) is 1. The lowest BCUT2D eigenvalue weighted by Gasteiger charge is -2.18. The molecule has 190 valence electrons. The number of para-hydroxylation sites is 1. The van der Waals surface area contributed by atoms with Crippen LogP contribution in [0.5, 0.6) is 28.7 Å². The Labute approximate surface area is 225 Å². The van der Waals surface area contributed by atoms with Crippen LogP contribution in [-0.4, -0.2) is 26.5 Å². The fourth-order valence-electron chi connectivity index (χ4n) is 4.77. The van der Waals surface area contributed by atoms with Crippen molar-refractivity contribution in [1.29, 1.82) is 0 Å². The van der Waals surface area contributed by atoms with Gasteiger partial charge in [-0.2, -0.15) is 4.57 Å². The van der Waals surface area contributed by atoms with Gasteiger partial charge in [0.2, 0.25) is 12.5 Å². The molecule has 0 spiro atoms. The van der Waals surface area contributed by atoms with Gasteiger partial charge in [-0.05, 0) is 53.8 Å². The number of halogens is 1. The Balaban J connectivity index is 0.00000280. The van der Waals surface area contributed by atoms with Gasteiger partial charge in [0.1, 0.15) is 5.75 Å². The molecule has 0 aliphatic carbocycles. The predicted octanol–water partition coefficient (Wildman–Crippen LogP) is 1.86. The Hall–Kier alpha value is -3.78. The van der Waals surface area contributed by atoms with Gasteiger partial charge in [0.05, 0.1) is 24.7 Å². The molecule has 0 unspecified atom stereocenters. The van der Waals surface area contributed by atoms with Crippen molar-refractivity contribution in [2.75, 3.05) is 20.5 Å². The van der Waals surface area contributed by atoms with Gasteiger partial charge in [-0.3, -0.25) is 4.79 Å². The van der Waals surface area contributed by atoms with E-state index in [0.29, 0.717) is 30.3 Å². The van der Waals surface area contributed by atoms with Crippen LogP contribution in [0.25, 0.3) is 22.0 Å². The first-order valence-corrected chi connectivity index (χ1v) is 12.1. The summed E-state index contributed by atoms with van der Waals surface area (Å²) in [4.78, 5) is 12.2. The van der Waals surface area contributed by atoms with Crippen molar-refractivity contribution in [2.45, 2.75) is 25.8 Å². The van der Waals surface area contributed by atoms with E-state index >= 15 is 0 Å². The molecular formula is C29H26BrNO6. The summed E-state index contributed by atoms with van der Waals surface area (Å²) in [5, 5.41) is 2.01. The molecule has 4 aromatic rings. The SMILES string of the molecule is COc1ccc2cc3[n+](cc2c1OCCCC(=O)Oc1ccccc1)CCc1cc2c(cc1-3)OCO2.[Br-]. The Morgan fingerprint density at radius 2 is 1.84 bits per heavy atom. The van der Waals surface area contributed by atoms with Crippen molar-refractivity contribution in [3.8, 4) is 40.0 Å². The first-order chi connectivity index (χ1) is 17.7. The van der Waals surface area contributed by atoms with Crippen LogP contribution in [0.1, 0.15) is 18.4 Å². The van der Waals surface area contributed by atoms with E-state index in [0.717, 1.165) is 46.5 Å². The van der Waals surface area contributed by atoms with Gasteiger partial charge in [0, 0.05) is 18.9 Å². The molecule has 0 bridgehead atoms. The molecular weight excluding hydrogens is 538 g/mol. The number of aryl methyl sites for hydroxylation is 2. The zero-order valence-electron chi connectivity index (χ0n) is 20.4. The summed E-state index contributed by atoms with van der Waals surface area (Å²) in [6, 6.07) is 19.4. The highest BCUT2D eigenvalue weighted by atomic mass is 79.9. The zero-order valence-corrected chi connectivity index (χ0v) is 22.0. The summed E-state index contributed by atoms with van der Waals surface area (Å²) >= 11 is 0. The summed E-state index contributed by atoms with van der Waals surface area (Å²) in [6.45, 7) is 1.48. The third kappa shape index (κ3) is 4.93. The van der Waals surface area contributed by atoms with E-state index in [-0.39, 0.29) is 36.2 Å². The molecule has 0 amide bonds. The Bertz CT molecular complexity index is 1460. The lowest BCUT2D eigenvalue weighted by atomic mass is 9.95. The molecule has 0 saturated heterocycles. The third-order valence-electron chi connectivity index (χ3n) is 6.54. The molecule has 0 N–H and O–H groups in total. The summed E-state index contributed by atoms with van der Waals surface area (Å²) in [6.07, 6.45) is 3.82. The normalized spacial score (nSPS) is 12.8. The van der Waals surface area contributed by atoms with Gasteiger partial charge in [0.15, 0.2) is 35.7 Å². The van der Waals surface area contributed by atoms with E-state index in [4.69, 9.17) is 23.7 Å². The van der Waals surface area contributed by atoms with Crippen molar-refractivity contribution < 1.29 is 50.0 Å². The van der Waals surface area contributed by atoms with E-state index in [9.17, 15) is 4.79 Å². The van der Waals surface area contributed by atoms with Gasteiger partial charge < -0.3 is 40.7 Å². The maximum atomic E-state index is 12.2. The summed E-state index contributed by atoms with van der Waals surface area (Å²) in [7, 11) is 1.63. The predicted molar refractivity (Wildman–Crippen MR) is 133 cm³/mol. The van der Waals surface area contributed by atoms with Crippen LogP contribution in [-0.2, 0) is 17.8 Å². The second kappa shape index (κ2) is 10.7. The van der Waals surface area contributed by atoms with Crippen LogP contribution >= 0.6 is 0 Å². The fraction of sp³-hybridized carbons (Fsp3) is 0.241. The number of rotatable bonds is 7. The number of hydrogen-bond acceptors (Lipinski definition) is 6. The number of carbonyl (C=O) groups is 1. The number of methoxy groups -OCH3 is 1. The van der Waals surface area contributed by atoms with Gasteiger partial charge in [0.25, 0.3) is 0 Å². The van der Waals surface area contributed by atoms with Crippen molar-refractivity contribution in [3.63, 3.8) is 0 Å². The second-order valence-corrected chi connectivity index (χ2v) is 8.80. The number of benzene rings is 3. The molecule has 0 radical (unpaired) electrons. The van der Waals surface area contributed by atoms with E-state index in [1.807, 2.05) is 30.3 Å². The summed E-state index contributed by atoms with van der Waals surface area (Å²) in [5.41, 5.74) is 3.54. The maximum Gasteiger partial charge on any atom is 0.311 e. The molecule has 37 heavy (non-hydrogen) atoms. The van der Waals surface area contributed by atoms with Crippen molar-refractivity contribution in [1.82, 2.24) is 0 Å². The molecule has 0 atom stereocenters. The number of hydrogen-bond donors (Lipinski definition) is 0. The highest BCUT2D eigenvalue weighted by Crippen LogP contribution is 2.41. The second-order valence-electron chi connectivity index (χ2n) is 8.80. The van der Waals surface area contributed by atoms with Crippen LogP contribution in [0.2, 0.25) is 0 Å². The smallest absolute Gasteiger partial charge is 0.311 e. The van der Waals surface area contributed by atoms with Gasteiger partial charge >= 0.3 is 5.97 Å². The van der Waals surface area contributed by atoms with Gasteiger partial charge in [-0.25, -0.2) is 0 Å². The number of carbonyl (C=O) groups excluding carboxylic acids is 1. The standard InChI is InChI=1S/C29H26NO6.BrH/c1-32-25-10-9-19-14-24-22-16-27-26(34-18-35-27)15-20(22)11-12-30(24)17-23(19)29(25)33-13-5-8-28(31)36-21-6-3-2-4-7-21;/h2-4,6-7,9-10,14-17H,5,8,11-13,18H2,1H3;1H/q+1;/p-1. The van der Waals surface area contributed by atoms with E-state index in [1.54, 1.807) is 19.2 Å².